The maximum atomic E-state index is 6.17. The normalized spacial score (nSPS) is 10.8. The molecule has 0 saturated carbocycles. The molecule has 3 aromatic rings. The van der Waals surface area contributed by atoms with E-state index >= 15 is 0 Å². The zero-order valence-electron chi connectivity index (χ0n) is 10.1. The summed E-state index contributed by atoms with van der Waals surface area (Å²) in [7, 11) is 0. The van der Waals surface area contributed by atoms with E-state index in [1.54, 1.807) is 0 Å². The van der Waals surface area contributed by atoms with Crippen LogP contribution in [0.4, 0.5) is 5.69 Å². The van der Waals surface area contributed by atoms with Crippen molar-refractivity contribution in [3.8, 4) is 0 Å². The molecule has 96 valence electrons. The van der Waals surface area contributed by atoms with Crippen LogP contribution in [0, 0.1) is 0 Å². The average Bonchev–Trinajstić information content (AvgIpc) is 2.85. The highest BCUT2D eigenvalue weighted by molar-refractivity contribution is 9.10. The number of hydrogen-bond donors (Lipinski definition) is 2. The van der Waals surface area contributed by atoms with Gasteiger partial charge in [-0.25, -0.2) is 0 Å². The lowest BCUT2D eigenvalue weighted by molar-refractivity contribution is 1.15. The summed E-state index contributed by atoms with van der Waals surface area (Å²) in [5, 5.41) is 5.29. The number of halogens is 2. The van der Waals surface area contributed by atoms with Crippen LogP contribution in [-0.2, 0) is 6.54 Å². The number of benzene rings is 2. The van der Waals surface area contributed by atoms with E-state index in [1.165, 1.54) is 10.9 Å². The summed E-state index contributed by atoms with van der Waals surface area (Å²) in [4.78, 5) is 3.22. The molecule has 4 heteroatoms. The fourth-order valence-electron chi connectivity index (χ4n) is 2.04. The fourth-order valence-corrected chi connectivity index (χ4v) is 2.78. The zero-order valence-corrected chi connectivity index (χ0v) is 12.4. The molecule has 19 heavy (non-hydrogen) atoms. The van der Waals surface area contributed by atoms with Gasteiger partial charge >= 0.3 is 0 Å². The molecule has 0 amide bonds. The van der Waals surface area contributed by atoms with E-state index in [1.807, 2.05) is 24.4 Å². The molecule has 0 aliphatic heterocycles. The molecular formula is C15H12BrClN2. The van der Waals surface area contributed by atoms with Crippen LogP contribution in [0.2, 0.25) is 5.02 Å². The quantitative estimate of drug-likeness (QED) is 0.677. The summed E-state index contributed by atoms with van der Waals surface area (Å²) in [6, 6.07) is 14.3. The Labute approximate surface area is 124 Å². The zero-order chi connectivity index (χ0) is 13.2. The smallest absolute Gasteiger partial charge is 0.0648 e. The second-order valence-electron chi connectivity index (χ2n) is 4.38. The number of H-pyrrole nitrogens is 1. The lowest BCUT2D eigenvalue weighted by atomic mass is 10.1. The molecule has 0 fully saturated rings. The van der Waals surface area contributed by atoms with Crippen LogP contribution in [0.3, 0.4) is 0 Å². The van der Waals surface area contributed by atoms with Crippen molar-refractivity contribution in [1.82, 2.24) is 4.98 Å². The Morgan fingerprint density at radius 3 is 2.84 bits per heavy atom. The third kappa shape index (κ3) is 2.77. The Kier molecular flexibility index (Phi) is 3.49. The van der Waals surface area contributed by atoms with E-state index in [4.69, 9.17) is 11.6 Å². The molecule has 0 atom stereocenters. The van der Waals surface area contributed by atoms with Crippen LogP contribution < -0.4 is 5.32 Å². The molecule has 2 N–H and O–H groups in total. The van der Waals surface area contributed by atoms with E-state index < -0.39 is 0 Å². The van der Waals surface area contributed by atoms with Crippen molar-refractivity contribution in [2.75, 3.05) is 5.32 Å². The SMILES string of the molecule is Clc1cc(Br)ccc1NCc1ccc2cc[nH]c2c1. The summed E-state index contributed by atoms with van der Waals surface area (Å²) in [5.41, 5.74) is 3.31. The predicted octanol–water partition coefficient (Wildman–Crippen LogP) is 5.20. The summed E-state index contributed by atoms with van der Waals surface area (Å²) in [6.07, 6.45) is 1.95. The van der Waals surface area contributed by atoms with Crippen molar-refractivity contribution in [1.29, 1.82) is 0 Å². The summed E-state index contributed by atoms with van der Waals surface area (Å²) < 4.78 is 0.982. The van der Waals surface area contributed by atoms with Crippen molar-refractivity contribution in [3.05, 3.63) is 63.7 Å². The topological polar surface area (TPSA) is 27.8 Å². The predicted molar refractivity (Wildman–Crippen MR) is 84.8 cm³/mol. The second-order valence-corrected chi connectivity index (χ2v) is 5.70. The Hall–Kier alpha value is -1.45. The number of hydrogen-bond acceptors (Lipinski definition) is 1. The van der Waals surface area contributed by atoms with Crippen molar-refractivity contribution >= 4 is 44.1 Å². The summed E-state index contributed by atoms with van der Waals surface area (Å²) >= 11 is 9.57. The molecule has 0 bridgehead atoms. The minimum atomic E-state index is 0.718. The third-order valence-electron chi connectivity index (χ3n) is 3.03. The van der Waals surface area contributed by atoms with E-state index in [2.05, 4.69) is 50.5 Å². The molecule has 0 unspecified atom stereocenters. The first-order valence-electron chi connectivity index (χ1n) is 5.97. The highest BCUT2D eigenvalue weighted by Crippen LogP contribution is 2.26. The van der Waals surface area contributed by atoms with Gasteiger partial charge in [0.2, 0.25) is 0 Å². The van der Waals surface area contributed by atoms with Crippen molar-refractivity contribution in [2.24, 2.45) is 0 Å². The summed E-state index contributed by atoms with van der Waals surface area (Å²) in [6.45, 7) is 0.746. The fraction of sp³-hybridized carbons (Fsp3) is 0.0667. The van der Waals surface area contributed by atoms with Gasteiger partial charge in [-0.15, -0.1) is 0 Å². The van der Waals surface area contributed by atoms with Gasteiger partial charge in [0.15, 0.2) is 0 Å². The van der Waals surface area contributed by atoms with Crippen LogP contribution in [0.25, 0.3) is 10.9 Å². The number of fused-ring (bicyclic) bond motifs is 1. The first kappa shape index (κ1) is 12.6. The van der Waals surface area contributed by atoms with Gasteiger partial charge in [-0.3, -0.25) is 0 Å². The molecule has 1 heterocycles. The van der Waals surface area contributed by atoms with Crippen LogP contribution >= 0.6 is 27.5 Å². The molecule has 1 aromatic heterocycles. The van der Waals surface area contributed by atoms with Crippen molar-refractivity contribution in [2.45, 2.75) is 6.54 Å². The number of aromatic nitrogens is 1. The highest BCUT2D eigenvalue weighted by Gasteiger charge is 2.02. The van der Waals surface area contributed by atoms with Crippen LogP contribution in [0.15, 0.2) is 53.1 Å². The van der Waals surface area contributed by atoms with Gasteiger partial charge in [-0.1, -0.05) is 39.7 Å². The Morgan fingerprint density at radius 1 is 1.11 bits per heavy atom. The van der Waals surface area contributed by atoms with E-state index in [0.29, 0.717) is 0 Å². The van der Waals surface area contributed by atoms with Crippen molar-refractivity contribution < 1.29 is 0 Å². The van der Waals surface area contributed by atoms with Gasteiger partial charge in [0.1, 0.15) is 0 Å². The molecular weight excluding hydrogens is 324 g/mol. The molecule has 0 spiro atoms. The van der Waals surface area contributed by atoms with E-state index in [-0.39, 0.29) is 0 Å². The van der Waals surface area contributed by atoms with Crippen molar-refractivity contribution in [3.63, 3.8) is 0 Å². The average molecular weight is 336 g/mol. The molecule has 0 aliphatic rings. The largest absolute Gasteiger partial charge is 0.380 e. The molecule has 0 radical (unpaired) electrons. The number of anilines is 1. The first-order chi connectivity index (χ1) is 9.22. The Morgan fingerprint density at radius 2 is 2.00 bits per heavy atom. The van der Waals surface area contributed by atoms with E-state index in [9.17, 15) is 0 Å². The number of nitrogens with one attached hydrogen (secondary N) is 2. The van der Waals surface area contributed by atoms with Gasteiger partial charge in [0, 0.05) is 22.7 Å². The van der Waals surface area contributed by atoms with Gasteiger partial charge in [0.05, 0.1) is 10.7 Å². The molecule has 0 aliphatic carbocycles. The van der Waals surface area contributed by atoms with Gasteiger partial charge in [-0.2, -0.15) is 0 Å². The lowest BCUT2D eigenvalue weighted by Gasteiger charge is -2.09. The van der Waals surface area contributed by atoms with Gasteiger partial charge < -0.3 is 10.3 Å². The number of aromatic amines is 1. The lowest BCUT2D eigenvalue weighted by Crippen LogP contribution is -1.99. The van der Waals surface area contributed by atoms with Crippen LogP contribution in [0.1, 0.15) is 5.56 Å². The maximum Gasteiger partial charge on any atom is 0.0648 e. The minimum absolute atomic E-state index is 0.718. The monoisotopic (exact) mass is 334 g/mol. The third-order valence-corrected chi connectivity index (χ3v) is 3.84. The Balaban J connectivity index is 1.77. The van der Waals surface area contributed by atoms with Crippen LogP contribution in [-0.4, -0.2) is 4.98 Å². The van der Waals surface area contributed by atoms with E-state index in [0.717, 1.165) is 27.2 Å². The summed E-state index contributed by atoms with van der Waals surface area (Å²) in [5.74, 6) is 0. The second kappa shape index (κ2) is 5.27. The number of rotatable bonds is 3. The standard InChI is InChI=1S/C15H12BrClN2/c16-12-3-4-14(13(17)8-12)19-9-10-1-2-11-5-6-18-15(11)7-10/h1-8,18-19H,9H2. The van der Waals surface area contributed by atoms with Gasteiger partial charge in [0.25, 0.3) is 0 Å². The van der Waals surface area contributed by atoms with Gasteiger partial charge in [-0.05, 0) is 41.3 Å². The molecule has 2 nitrogen and oxygen atoms in total. The van der Waals surface area contributed by atoms with Crippen LogP contribution in [0.5, 0.6) is 0 Å². The molecule has 2 aromatic carbocycles. The minimum Gasteiger partial charge on any atom is -0.380 e. The first-order valence-corrected chi connectivity index (χ1v) is 7.14. The Bertz CT molecular complexity index is 721. The molecule has 0 saturated heterocycles. The highest BCUT2D eigenvalue weighted by atomic mass is 79.9. The molecule has 3 rings (SSSR count). The maximum absolute atomic E-state index is 6.17.